The molecule has 0 aliphatic heterocycles. The number of anilines is 1. The maximum Gasteiger partial charge on any atom is 0.360 e. The average Bonchev–Trinajstić information content (AvgIpc) is 2.94. The first kappa shape index (κ1) is 26.6. The normalized spacial score (nSPS) is 10.8. The Morgan fingerprint density at radius 2 is 1.74 bits per heavy atom. The zero-order chi connectivity index (χ0) is 27.2. The Labute approximate surface area is 220 Å². The lowest BCUT2D eigenvalue weighted by molar-refractivity contribution is 0.102. The van der Waals surface area contributed by atoms with Crippen molar-refractivity contribution in [2.75, 3.05) is 46.8 Å². The SMILES string of the molecule is CNCCOc1c(OC)cc2cc(NC(=O)c3ccc(OC)c(-c4cccc(OC)c4)c3)c(=O)oc2c1C. The molecule has 1 heterocycles. The van der Waals surface area contributed by atoms with Gasteiger partial charge in [0.2, 0.25) is 0 Å². The molecule has 4 aromatic rings. The molecule has 1 amide bonds. The summed E-state index contributed by atoms with van der Waals surface area (Å²) in [5.41, 5.74) is 2.17. The van der Waals surface area contributed by atoms with Crippen molar-refractivity contribution >= 4 is 22.6 Å². The number of carbonyl (C=O) groups excluding carboxylic acids is 1. The lowest BCUT2D eigenvalue weighted by atomic mass is 10.0. The van der Waals surface area contributed by atoms with E-state index in [0.717, 1.165) is 5.56 Å². The monoisotopic (exact) mass is 518 g/mol. The molecule has 2 N–H and O–H groups in total. The quantitative estimate of drug-likeness (QED) is 0.231. The molecule has 0 aliphatic rings. The number of hydrogen-bond acceptors (Lipinski definition) is 8. The van der Waals surface area contributed by atoms with Gasteiger partial charge in [0, 0.05) is 28.6 Å². The maximum atomic E-state index is 13.2. The summed E-state index contributed by atoms with van der Waals surface area (Å²) in [6.45, 7) is 2.84. The first-order valence-corrected chi connectivity index (χ1v) is 12.0. The summed E-state index contributed by atoms with van der Waals surface area (Å²) in [4.78, 5) is 26.0. The van der Waals surface area contributed by atoms with E-state index in [0.29, 0.717) is 63.8 Å². The van der Waals surface area contributed by atoms with E-state index in [1.165, 1.54) is 7.11 Å². The number of rotatable bonds is 10. The molecule has 9 heteroatoms. The van der Waals surface area contributed by atoms with E-state index >= 15 is 0 Å². The Hall–Kier alpha value is -4.50. The van der Waals surface area contributed by atoms with Gasteiger partial charge in [-0.05, 0) is 62.0 Å². The number of nitrogens with one attached hydrogen (secondary N) is 2. The van der Waals surface area contributed by atoms with E-state index in [4.69, 9.17) is 23.4 Å². The molecule has 0 spiro atoms. The van der Waals surface area contributed by atoms with Crippen LogP contribution < -0.4 is 35.2 Å². The van der Waals surface area contributed by atoms with Crippen molar-refractivity contribution in [1.29, 1.82) is 0 Å². The number of hydrogen-bond donors (Lipinski definition) is 2. The Balaban J connectivity index is 1.68. The molecular weight excluding hydrogens is 488 g/mol. The molecule has 0 saturated heterocycles. The summed E-state index contributed by atoms with van der Waals surface area (Å²) in [7, 11) is 6.52. The zero-order valence-corrected chi connectivity index (χ0v) is 22.0. The van der Waals surface area contributed by atoms with Crippen molar-refractivity contribution in [2.24, 2.45) is 0 Å². The van der Waals surface area contributed by atoms with Gasteiger partial charge in [0.05, 0.1) is 21.3 Å². The van der Waals surface area contributed by atoms with Gasteiger partial charge in [-0.15, -0.1) is 0 Å². The minimum Gasteiger partial charge on any atom is -0.497 e. The number of aryl methyl sites for hydroxylation is 1. The minimum absolute atomic E-state index is 0.00607. The molecule has 9 nitrogen and oxygen atoms in total. The van der Waals surface area contributed by atoms with Gasteiger partial charge >= 0.3 is 5.63 Å². The van der Waals surface area contributed by atoms with Crippen molar-refractivity contribution < 1.29 is 28.2 Å². The largest absolute Gasteiger partial charge is 0.497 e. The third-order valence-electron chi connectivity index (χ3n) is 6.08. The van der Waals surface area contributed by atoms with Gasteiger partial charge < -0.3 is 34.0 Å². The van der Waals surface area contributed by atoms with Crippen LogP contribution in [0.1, 0.15) is 15.9 Å². The van der Waals surface area contributed by atoms with Crippen molar-refractivity contribution in [2.45, 2.75) is 6.92 Å². The van der Waals surface area contributed by atoms with E-state index in [2.05, 4.69) is 10.6 Å². The van der Waals surface area contributed by atoms with Crippen molar-refractivity contribution in [3.05, 3.63) is 76.1 Å². The fourth-order valence-electron chi connectivity index (χ4n) is 4.11. The summed E-state index contributed by atoms with van der Waals surface area (Å²) < 4.78 is 27.8. The zero-order valence-electron chi connectivity index (χ0n) is 22.0. The van der Waals surface area contributed by atoms with Crippen LogP contribution in [0.4, 0.5) is 5.69 Å². The van der Waals surface area contributed by atoms with Crippen molar-refractivity contribution in [1.82, 2.24) is 5.32 Å². The number of fused-ring (bicyclic) bond motifs is 1. The van der Waals surface area contributed by atoms with Crippen LogP contribution in [0.25, 0.3) is 22.1 Å². The fraction of sp³-hybridized carbons (Fsp3) is 0.241. The van der Waals surface area contributed by atoms with Crippen LogP contribution in [0.15, 0.2) is 63.8 Å². The Morgan fingerprint density at radius 3 is 2.45 bits per heavy atom. The Morgan fingerprint density at radius 1 is 0.947 bits per heavy atom. The number of benzene rings is 3. The van der Waals surface area contributed by atoms with E-state index in [1.54, 1.807) is 51.5 Å². The number of carbonyl (C=O) groups is 1. The lowest BCUT2D eigenvalue weighted by Gasteiger charge is -2.15. The predicted octanol–water partition coefficient (Wildman–Crippen LogP) is 4.64. The molecular formula is C29H30N2O7. The Kier molecular flexibility index (Phi) is 8.18. The summed E-state index contributed by atoms with van der Waals surface area (Å²) in [6.07, 6.45) is 0. The van der Waals surface area contributed by atoms with Crippen LogP contribution >= 0.6 is 0 Å². The van der Waals surface area contributed by atoms with Crippen LogP contribution in [0, 0.1) is 6.92 Å². The average molecular weight is 519 g/mol. The number of amides is 1. The fourth-order valence-corrected chi connectivity index (χ4v) is 4.11. The van der Waals surface area contributed by atoms with Crippen molar-refractivity contribution in [3.63, 3.8) is 0 Å². The van der Waals surface area contributed by atoms with Crippen molar-refractivity contribution in [3.8, 4) is 34.1 Å². The standard InChI is InChI=1S/C29H30N2O7/c1-17-26-20(16-25(36-5)27(17)37-12-11-30-2)15-23(29(33)38-26)31-28(32)19-9-10-24(35-4)22(14-19)18-7-6-8-21(13-18)34-3/h6-10,13-16,30H,11-12H2,1-5H3,(H,31,32). The predicted molar refractivity (Wildman–Crippen MR) is 146 cm³/mol. The molecule has 1 aromatic heterocycles. The highest BCUT2D eigenvalue weighted by atomic mass is 16.5. The first-order chi connectivity index (χ1) is 18.4. The van der Waals surface area contributed by atoms with Crippen LogP contribution in [0.3, 0.4) is 0 Å². The molecule has 0 atom stereocenters. The van der Waals surface area contributed by atoms with Gasteiger partial charge in [-0.1, -0.05) is 12.1 Å². The highest BCUT2D eigenvalue weighted by molar-refractivity contribution is 6.06. The van der Waals surface area contributed by atoms with Crippen LogP contribution in [-0.2, 0) is 0 Å². The third-order valence-corrected chi connectivity index (χ3v) is 6.08. The molecule has 0 unspecified atom stereocenters. The summed E-state index contributed by atoms with van der Waals surface area (Å²) in [6, 6.07) is 15.7. The van der Waals surface area contributed by atoms with Gasteiger partial charge in [-0.25, -0.2) is 4.79 Å². The third kappa shape index (κ3) is 5.42. The van der Waals surface area contributed by atoms with E-state index in [-0.39, 0.29) is 5.69 Å². The van der Waals surface area contributed by atoms with Gasteiger partial charge in [-0.3, -0.25) is 4.79 Å². The highest BCUT2D eigenvalue weighted by Crippen LogP contribution is 2.37. The highest BCUT2D eigenvalue weighted by Gasteiger charge is 2.19. The van der Waals surface area contributed by atoms with E-state index in [9.17, 15) is 9.59 Å². The van der Waals surface area contributed by atoms with E-state index < -0.39 is 11.5 Å². The smallest absolute Gasteiger partial charge is 0.360 e. The molecule has 0 aliphatic carbocycles. The molecule has 38 heavy (non-hydrogen) atoms. The summed E-state index contributed by atoms with van der Waals surface area (Å²) in [5.74, 6) is 1.79. The lowest BCUT2D eigenvalue weighted by Crippen LogP contribution is -2.18. The molecule has 0 fully saturated rings. The number of ether oxygens (including phenoxy) is 4. The molecule has 0 saturated carbocycles. The van der Waals surface area contributed by atoms with Crippen LogP contribution in [0.5, 0.6) is 23.0 Å². The van der Waals surface area contributed by atoms with Gasteiger partial charge in [0.15, 0.2) is 11.5 Å². The van der Waals surface area contributed by atoms with Gasteiger partial charge in [0.25, 0.3) is 5.91 Å². The summed E-state index contributed by atoms with van der Waals surface area (Å²) >= 11 is 0. The Bertz CT molecular complexity index is 1530. The van der Waals surface area contributed by atoms with E-state index in [1.807, 2.05) is 31.3 Å². The topological polar surface area (TPSA) is 108 Å². The second kappa shape index (κ2) is 11.7. The summed E-state index contributed by atoms with van der Waals surface area (Å²) in [5, 5.41) is 6.28. The second-order valence-electron chi connectivity index (χ2n) is 8.45. The number of likely N-dealkylation sites (N-methyl/N-ethyl adjacent to an activating group) is 1. The van der Waals surface area contributed by atoms with Crippen LogP contribution in [0.2, 0.25) is 0 Å². The molecule has 3 aromatic carbocycles. The molecule has 4 rings (SSSR count). The second-order valence-corrected chi connectivity index (χ2v) is 8.45. The molecule has 198 valence electrons. The molecule has 0 radical (unpaired) electrons. The first-order valence-electron chi connectivity index (χ1n) is 12.0. The minimum atomic E-state index is -0.679. The van der Waals surface area contributed by atoms with Gasteiger partial charge in [0.1, 0.15) is 29.4 Å². The van der Waals surface area contributed by atoms with Crippen LogP contribution in [-0.4, -0.2) is 47.4 Å². The maximum absolute atomic E-state index is 13.2. The van der Waals surface area contributed by atoms with Gasteiger partial charge in [-0.2, -0.15) is 0 Å². The number of methoxy groups -OCH3 is 3. The molecule has 0 bridgehead atoms.